The highest BCUT2D eigenvalue weighted by Crippen LogP contribution is 2.28. The van der Waals surface area contributed by atoms with Gasteiger partial charge in [-0.25, -0.2) is 8.42 Å². The molecule has 0 spiro atoms. The molecule has 0 N–H and O–H groups in total. The number of hydrogen-bond acceptors (Lipinski definition) is 2. The van der Waals surface area contributed by atoms with Crippen LogP contribution in [0.1, 0.15) is 43.0 Å². The van der Waals surface area contributed by atoms with Crippen LogP contribution in [0.25, 0.3) is 0 Å². The maximum atomic E-state index is 11.3. The molecular weight excluding hydrogens is 312 g/mol. The Kier molecular flexibility index (Phi) is 6.94. The average Bonchev–Trinajstić information content (AvgIpc) is 2.39. The SMILES string of the molecule is CCS(=O)(=O)CCCCCC(Br)c1ccccc1. The first kappa shape index (κ1) is 15.7. The van der Waals surface area contributed by atoms with Crippen molar-refractivity contribution in [2.45, 2.75) is 37.4 Å². The number of sulfone groups is 1. The zero-order valence-corrected chi connectivity index (χ0v) is 13.2. The van der Waals surface area contributed by atoms with Crippen molar-refractivity contribution in [2.75, 3.05) is 11.5 Å². The molecule has 4 heteroatoms. The molecule has 1 atom stereocenters. The fourth-order valence-electron chi connectivity index (χ4n) is 1.80. The zero-order valence-electron chi connectivity index (χ0n) is 10.8. The molecule has 18 heavy (non-hydrogen) atoms. The lowest BCUT2D eigenvalue weighted by Crippen LogP contribution is -2.08. The van der Waals surface area contributed by atoms with E-state index in [0.29, 0.717) is 10.6 Å². The summed E-state index contributed by atoms with van der Waals surface area (Å²) in [4.78, 5) is 0.376. The molecule has 0 heterocycles. The van der Waals surface area contributed by atoms with Crippen molar-refractivity contribution in [2.24, 2.45) is 0 Å². The second-order valence-electron chi connectivity index (χ2n) is 4.46. The van der Waals surface area contributed by atoms with Crippen molar-refractivity contribution < 1.29 is 8.42 Å². The minimum absolute atomic E-state index is 0.262. The van der Waals surface area contributed by atoms with Crippen molar-refractivity contribution in [3.05, 3.63) is 35.9 Å². The van der Waals surface area contributed by atoms with Crippen molar-refractivity contribution in [1.82, 2.24) is 0 Å². The number of unbranched alkanes of at least 4 members (excludes halogenated alkanes) is 2. The van der Waals surface area contributed by atoms with Gasteiger partial charge in [-0.3, -0.25) is 0 Å². The highest BCUT2D eigenvalue weighted by molar-refractivity contribution is 9.09. The minimum Gasteiger partial charge on any atom is -0.229 e. The second kappa shape index (κ2) is 7.95. The third kappa shape index (κ3) is 6.01. The van der Waals surface area contributed by atoms with Gasteiger partial charge in [0, 0.05) is 10.6 Å². The molecule has 1 unspecified atom stereocenters. The van der Waals surface area contributed by atoms with Gasteiger partial charge in [0.2, 0.25) is 0 Å². The van der Waals surface area contributed by atoms with E-state index >= 15 is 0 Å². The van der Waals surface area contributed by atoms with Gasteiger partial charge in [-0.15, -0.1) is 0 Å². The van der Waals surface area contributed by atoms with Crippen LogP contribution in [0.5, 0.6) is 0 Å². The van der Waals surface area contributed by atoms with E-state index in [1.165, 1.54) is 5.56 Å². The Balaban J connectivity index is 2.19. The van der Waals surface area contributed by atoms with Crippen molar-refractivity contribution in [1.29, 1.82) is 0 Å². The topological polar surface area (TPSA) is 34.1 Å². The molecule has 102 valence electrons. The summed E-state index contributed by atoms with van der Waals surface area (Å²) in [6, 6.07) is 10.3. The van der Waals surface area contributed by atoms with Crippen molar-refractivity contribution >= 4 is 25.8 Å². The molecule has 0 saturated heterocycles. The fourth-order valence-corrected chi connectivity index (χ4v) is 3.36. The summed E-state index contributed by atoms with van der Waals surface area (Å²) in [6.45, 7) is 1.71. The molecule has 0 aliphatic rings. The lowest BCUT2D eigenvalue weighted by atomic mass is 10.1. The molecule has 0 radical (unpaired) electrons. The van der Waals surface area contributed by atoms with E-state index in [0.717, 1.165) is 25.7 Å². The first-order valence-corrected chi connectivity index (χ1v) is 9.18. The van der Waals surface area contributed by atoms with Crippen LogP contribution in [-0.2, 0) is 9.84 Å². The van der Waals surface area contributed by atoms with Crippen LogP contribution in [0.4, 0.5) is 0 Å². The number of rotatable bonds is 8. The monoisotopic (exact) mass is 332 g/mol. The van der Waals surface area contributed by atoms with E-state index in [9.17, 15) is 8.42 Å². The van der Waals surface area contributed by atoms with Gasteiger partial charge in [-0.2, -0.15) is 0 Å². The number of benzene rings is 1. The lowest BCUT2D eigenvalue weighted by Gasteiger charge is -2.09. The smallest absolute Gasteiger partial charge is 0.150 e. The van der Waals surface area contributed by atoms with Crippen LogP contribution >= 0.6 is 15.9 Å². The van der Waals surface area contributed by atoms with Crippen LogP contribution in [0.3, 0.4) is 0 Å². The average molecular weight is 333 g/mol. The van der Waals surface area contributed by atoms with E-state index in [4.69, 9.17) is 0 Å². The molecular formula is C14H21BrO2S. The van der Waals surface area contributed by atoms with Crippen LogP contribution in [-0.4, -0.2) is 19.9 Å². The second-order valence-corrected chi connectivity index (χ2v) is 8.04. The number of halogens is 1. The van der Waals surface area contributed by atoms with Gasteiger partial charge in [0.05, 0.1) is 5.75 Å². The molecule has 0 bridgehead atoms. The molecule has 0 aliphatic carbocycles. The Hall–Kier alpha value is -0.350. The Bertz CT molecular complexity index is 428. The summed E-state index contributed by atoms with van der Waals surface area (Å²) in [7, 11) is -2.78. The highest BCUT2D eigenvalue weighted by atomic mass is 79.9. The largest absolute Gasteiger partial charge is 0.229 e. The summed E-state index contributed by atoms with van der Waals surface area (Å²) >= 11 is 3.67. The van der Waals surface area contributed by atoms with Crippen LogP contribution in [0.15, 0.2) is 30.3 Å². The molecule has 0 aliphatic heterocycles. The van der Waals surface area contributed by atoms with E-state index in [1.807, 2.05) is 18.2 Å². The predicted molar refractivity (Wildman–Crippen MR) is 80.9 cm³/mol. The first-order chi connectivity index (χ1) is 8.55. The van der Waals surface area contributed by atoms with Crippen molar-refractivity contribution in [3.63, 3.8) is 0 Å². The Morgan fingerprint density at radius 1 is 1.11 bits per heavy atom. The Morgan fingerprint density at radius 2 is 1.78 bits per heavy atom. The molecule has 0 amide bonds. The van der Waals surface area contributed by atoms with Gasteiger partial charge in [0.15, 0.2) is 0 Å². The van der Waals surface area contributed by atoms with E-state index < -0.39 is 9.84 Å². The van der Waals surface area contributed by atoms with Gasteiger partial charge in [0.1, 0.15) is 9.84 Å². The maximum Gasteiger partial charge on any atom is 0.150 e. The molecule has 1 aromatic carbocycles. The van der Waals surface area contributed by atoms with Crippen LogP contribution < -0.4 is 0 Å². The molecule has 1 aromatic rings. The summed E-state index contributed by atoms with van der Waals surface area (Å²) in [5, 5.41) is 0. The number of alkyl halides is 1. The van der Waals surface area contributed by atoms with Crippen LogP contribution in [0, 0.1) is 0 Å². The normalized spacial score (nSPS) is 13.4. The predicted octanol–water partition coefficient (Wildman–Crippen LogP) is 4.12. The third-order valence-electron chi connectivity index (χ3n) is 3.01. The summed E-state index contributed by atoms with van der Waals surface area (Å²) in [5.41, 5.74) is 1.29. The molecule has 2 nitrogen and oxygen atoms in total. The lowest BCUT2D eigenvalue weighted by molar-refractivity contribution is 0.588. The van der Waals surface area contributed by atoms with Gasteiger partial charge in [0.25, 0.3) is 0 Å². The summed E-state index contributed by atoms with van der Waals surface area (Å²) in [6.07, 6.45) is 3.87. The maximum absolute atomic E-state index is 11.3. The minimum atomic E-state index is -2.78. The quantitative estimate of drug-likeness (QED) is 0.530. The van der Waals surface area contributed by atoms with E-state index in [-0.39, 0.29) is 5.75 Å². The van der Waals surface area contributed by atoms with E-state index in [2.05, 4.69) is 28.1 Å². The van der Waals surface area contributed by atoms with E-state index in [1.54, 1.807) is 6.92 Å². The molecule has 0 fully saturated rings. The summed E-state index contributed by atoms with van der Waals surface area (Å²) in [5.74, 6) is 0.597. The van der Waals surface area contributed by atoms with Crippen molar-refractivity contribution in [3.8, 4) is 0 Å². The van der Waals surface area contributed by atoms with Gasteiger partial charge in [-0.05, 0) is 18.4 Å². The standard InChI is InChI=1S/C14H21BrO2S/c1-2-18(16,17)12-8-4-7-11-14(15)13-9-5-3-6-10-13/h3,5-6,9-10,14H,2,4,7-8,11-12H2,1H3. The Morgan fingerprint density at radius 3 is 2.39 bits per heavy atom. The third-order valence-corrected chi connectivity index (χ3v) is 5.79. The number of hydrogen-bond donors (Lipinski definition) is 0. The molecule has 0 saturated carbocycles. The first-order valence-electron chi connectivity index (χ1n) is 6.44. The van der Waals surface area contributed by atoms with Gasteiger partial charge in [-0.1, -0.05) is 66.0 Å². The highest BCUT2D eigenvalue weighted by Gasteiger charge is 2.08. The molecule has 1 rings (SSSR count). The molecule has 0 aromatic heterocycles. The summed E-state index contributed by atoms with van der Waals surface area (Å²) < 4.78 is 22.6. The van der Waals surface area contributed by atoms with Crippen LogP contribution in [0.2, 0.25) is 0 Å². The Labute approximate surface area is 119 Å². The zero-order chi connectivity index (χ0) is 13.4. The van der Waals surface area contributed by atoms with Gasteiger partial charge >= 0.3 is 0 Å². The van der Waals surface area contributed by atoms with Gasteiger partial charge < -0.3 is 0 Å². The fraction of sp³-hybridized carbons (Fsp3) is 0.571.